The van der Waals surface area contributed by atoms with Gasteiger partial charge in [0.1, 0.15) is 0 Å². The summed E-state index contributed by atoms with van der Waals surface area (Å²) in [5.41, 5.74) is 6.73. The summed E-state index contributed by atoms with van der Waals surface area (Å²) < 4.78 is 10.5. The molecule has 0 radical (unpaired) electrons. The molecule has 0 aliphatic carbocycles. The zero-order valence-electron chi connectivity index (χ0n) is 9.74. The lowest BCUT2D eigenvalue weighted by Crippen LogP contribution is -2.13. The Morgan fingerprint density at radius 2 is 2.12 bits per heavy atom. The maximum atomic E-state index is 11.7. The van der Waals surface area contributed by atoms with E-state index in [1.165, 1.54) is 0 Å². The number of methoxy groups -OCH3 is 2. The molecular weight excluding hydrogens is 220 g/mol. The Kier molecular flexibility index (Phi) is 3.01. The molecule has 0 amide bonds. The zero-order valence-corrected chi connectivity index (χ0v) is 9.74. The zero-order chi connectivity index (χ0) is 12.4. The van der Waals surface area contributed by atoms with Crippen molar-refractivity contribution in [3.63, 3.8) is 0 Å². The minimum absolute atomic E-state index is 0.0344. The molecule has 90 valence electrons. The number of fused-ring (bicyclic) bond motifs is 1. The van der Waals surface area contributed by atoms with E-state index in [9.17, 15) is 4.79 Å². The number of hydrogen-bond donors (Lipinski definition) is 2. The summed E-state index contributed by atoms with van der Waals surface area (Å²) >= 11 is 0. The van der Waals surface area contributed by atoms with Crippen molar-refractivity contribution in [3.05, 3.63) is 23.9 Å². The van der Waals surface area contributed by atoms with Gasteiger partial charge in [-0.05, 0) is 12.1 Å². The fourth-order valence-electron chi connectivity index (χ4n) is 1.87. The number of nitrogens with one attached hydrogen (secondary N) is 1. The Morgan fingerprint density at radius 3 is 2.71 bits per heavy atom. The van der Waals surface area contributed by atoms with Crippen LogP contribution in [0.3, 0.4) is 0 Å². The SMILES string of the molecule is COc1ccc2[nH]cc(C(=O)CN)c2c1OC. The third-order valence-electron chi connectivity index (χ3n) is 2.67. The molecule has 5 heteroatoms. The van der Waals surface area contributed by atoms with Crippen LogP contribution >= 0.6 is 0 Å². The number of ketones is 1. The van der Waals surface area contributed by atoms with Gasteiger partial charge in [0.15, 0.2) is 17.3 Å². The van der Waals surface area contributed by atoms with E-state index >= 15 is 0 Å². The second-order valence-corrected chi connectivity index (χ2v) is 3.55. The fraction of sp³-hybridized carbons (Fsp3) is 0.250. The van der Waals surface area contributed by atoms with E-state index in [2.05, 4.69) is 4.98 Å². The lowest BCUT2D eigenvalue weighted by atomic mass is 10.1. The van der Waals surface area contributed by atoms with Crippen molar-refractivity contribution >= 4 is 16.7 Å². The Labute approximate surface area is 98.5 Å². The van der Waals surface area contributed by atoms with Gasteiger partial charge in [0.25, 0.3) is 0 Å². The first-order chi connectivity index (χ1) is 8.22. The molecule has 0 saturated heterocycles. The molecule has 0 fully saturated rings. The predicted octanol–water partition coefficient (Wildman–Crippen LogP) is 1.33. The van der Waals surface area contributed by atoms with E-state index in [0.717, 1.165) is 5.52 Å². The highest BCUT2D eigenvalue weighted by Crippen LogP contribution is 2.37. The van der Waals surface area contributed by atoms with Crippen molar-refractivity contribution < 1.29 is 14.3 Å². The normalized spacial score (nSPS) is 10.5. The van der Waals surface area contributed by atoms with Crippen molar-refractivity contribution in [2.24, 2.45) is 5.73 Å². The molecule has 3 N–H and O–H groups in total. The molecule has 0 atom stereocenters. The van der Waals surface area contributed by atoms with Gasteiger partial charge in [-0.15, -0.1) is 0 Å². The maximum Gasteiger partial charge on any atom is 0.178 e. The molecule has 2 rings (SSSR count). The van der Waals surface area contributed by atoms with Crippen LogP contribution in [0.15, 0.2) is 18.3 Å². The Balaban J connectivity index is 2.75. The van der Waals surface area contributed by atoms with E-state index < -0.39 is 0 Å². The number of H-pyrrole nitrogens is 1. The first kappa shape index (κ1) is 11.5. The highest BCUT2D eigenvalue weighted by molar-refractivity contribution is 6.11. The fourth-order valence-corrected chi connectivity index (χ4v) is 1.87. The second-order valence-electron chi connectivity index (χ2n) is 3.55. The van der Waals surface area contributed by atoms with Crippen molar-refractivity contribution in [2.75, 3.05) is 20.8 Å². The molecule has 0 bridgehead atoms. The molecule has 2 aromatic rings. The van der Waals surface area contributed by atoms with Gasteiger partial charge < -0.3 is 20.2 Å². The molecule has 0 aliphatic heterocycles. The van der Waals surface area contributed by atoms with Crippen molar-refractivity contribution in [1.82, 2.24) is 4.98 Å². The van der Waals surface area contributed by atoms with Crippen molar-refractivity contribution in [2.45, 2.75) is 0 Å². The average Bonchev–Trinajstić information content (AvgIpc) is 2.80. The number of ether oxygens (including phenoxy) is 2. The maximum absolute atomic E-state index is 11.7. The summed E-state index contributed by atoms with van der Waals surface area (Å²) in [7, 11) is 3.10. The molecule has 0 spiro atoms. The quantitative estimate of drug-likeness (QED) is 0.782. The average molecular weight is 234 g/mol. The second kappa shape index (κ2) is 4.47. The Bertz CT molecular complexity index is 560. The number of Topliss-reactive ketones (excluding diaryl/α,β-unsaturated/α-hetero) is 1. The molecule has 0 aliphatic rings. The minimum atomic E-state index is -0.136. The first-order valence-corrected chi connectivity index (χ1v) is 5.18. The lowest BCUT2D eigenvalue weighted by molar-refractivity contribution is 0.100. The molecule has 1 heterocycles. The summed E-state index contributed by atoms with van der Waals surface area (Å²) in [6.07, 6.45) is 1.64. The molecule has 17 heavy (non-hydrogen) atoms. The van der Waals surface area contributed by atoms with Gasteiger partial charge in [0.05, 0.1) is 31.7 Å². The monoisotopic (exact) mass is 234 g/mol. The number of carbonyl (C=O) groups is 1. The van der Waals surface area contributed by atoms with Gasteiger partial charge in [0.2, 0.25) is 0 Å². The van der Waals surface area contributed by atoms with Crippen molar-refractivity contribution in [3.8, 4) is 11.5 Å². The highest BCUT2D eigenvalue weighted by atomic mass is 16.5. The molecule has 5 nitrogen and oxygen atoms in total. The van der Waals surface area contributed by atoms with Gasteiger partial charge in [-0.1, -0.05) is 0 Å². The minimum Gasteiger partial charge on any atom is -0.493 e. The third-order valence-corrected chi connectivity index (χ3v) is 2.67. The Morgan fingerprint density at radius 1 is 1.35 bits per heavy atom. The van der Waals surface area contributed by atoms with E-state index in [1.807, 2.05) is 6.07 Å². The first-order valence-electron chi connectivity index (χ1n) is 5.18. The number of aromatic amines is 1. The van der Waals surface area contributed by atoms with E-state index in [4.69, 9.17) is 15.2 Å². The van der Waals surface area contributed by atoms with Gasteiger partial charge in [-0.25, -0.2) is 0 Å². The van der Waals surface area contributed by atoms with E-state index in [0.29, 0.717) is 22.4 Å². The molecule has 1 aromatic heterocycles. The van der Waals surface area contributed by atoms with Crippen LogP contribution in [0.4, 0.5) is 0 Å². The van der Waals surface area contributed by atoms with Crippen LogP contribution < -0.4 is 15.2 Å². The molecule has 1 aromatic carbocycles. The topological polar surface area (TPSA) is 77.3 Å². The van der Waals surface area contributed by atoms with Crippen LogP contribution in [0.2, 0.25) is 0 Å². The van der Waals surface area contributed by atoms with Gasteiger partial charge >= 0.3 is 0 Å². The van der Waals surface area contributed by atoms with Gasteiger partial charge in [-0.3, -0.25) is 4.79 Å². The van der Waals surface area contributed by atoms with Crippen LogP contribution in [0.25, 0.3) is 10.9 Å². The summed E-state index contributed by atoms with van der Waals surface area (Å²) in [5, 5.41) is 0.710. The number of rotatable bonds is 4. The van der Waals surface area contributed by atoms with Crippen LogP contribution in [-0.4, -0.2) is 31.5 Å². The number of carbonyl (C=O) groups excluding carboxylic acids is 1. The molecule has 0 unspecified atom stereocenters. The van der Waals surface area contributed by atoms with E-state index in [1.54, 1.807) is 26.5 Å². The molecule has 0 saturated carbocycles. The van der Waals surface area contributed by atoms with Gasteiger partial charge in [-0.2, -0.15) is 0 Å². The number of hydrogen-bond acceptors (Lipinski definition) is 4. The predicted molar refractivity (Wildman–Crippen MR) is 64.8 cm³/mol. The summed E-state index contributed by atoms with van der Waals surface area (Å²) in [6, 6.07) is 3.62. The van der Waals surface area contributed by atoms with Crippen LogP contribution in [0, 0.1) is 0 Å². The standard InChI is InChI=1S/C12H14N2O3/c1-16-10-4-3-8-11(12(10)17-2)7(6-14-8)9(15)5-13/h3-4,6,14H,5,13H2,1-2H3. The van der Waals surface area contributed by atoms with Gasteiger partial charge in [0, 0.05) is 11.8 Å². The lowest BCUT2D eigenvalue weighted by Gasteiger charge is -2.09. The van der Waals surface area contributed by atoms with Crippen molar-refractivity contribution in [1.29, 1.82) is 0 Å². The van der Waals surface area contributed by atoms with Crippen LogP contribution in [0.5, 0.6) is 11.5 Å². The smallest absolute Gasteiger partial charge is 0.178 e. The third kappa shape index (κ3) is 1.74. The number of nitrogens with two attached hydrogens (primary N) is 1. The molecular formula is C12H14N2O3. The van der Waals surface area contributed by atoms with Crippen LogP contribution in [-0.2, 0) is 0 Å². The highest BCUT2D eigenvalue weighted by Gasteiger charge is 2.17. The Hall–Kier alpha value is -2.01. The van der Waals surface area contributed by atoms with E-state index in [-0.39, 0.29) is 12.3 Å². The largest absolute Gasteiger partial charge is 0.493 e. The number of aromatic nitrogens is 1. The summed E-state index contributed by atoms with van der Waals surface area (Å²) in [6.45, 7) is -0.0344. The summed E-state index contributed by atoms with van der Waals surface area (Å²) in [4.78, 5) is 14.7. The summed E-state index contributed by atoms with van der Waals surface area (Å²) in [5.74, 6) is 0.997. The number of benzene rings is 1. The van der Waals surface area contributed by atoms with Crippen LogP contribution in [0.1, 0.15) is 10.4 Å².